The summed E-state index contributed by atoms with van der Waals surface area (Å²) in [4.78, 5) is 28.7. The third-order valence-corrected chi connectivity index (χ3v) is 7.12. The van der Waals surface area contributed by atoms with Crippen molar-refractivity contribution in [3.05, 3.63) is 123 Å². The Morgan fingerprint density at radius 1 is 0.977 bits per heavy atom. The van der Waals surface area contributed by atoms with Crippen LogP contribution in [0.2, 0.25) is 0 Å². The number of hydrogen-bond acceptors (Lipinski definition) is 6. The van der Waals surface area contributed by atoms with Crippen molar-refractivity contribution in [2.75, 3.05) is 26.2 Å². The molecule has 4 aromatic rings. The fourth-order valence-electron chi connectivity index (χ4n) is 4.79. The summed E-state index contributed by atoms with van der Waals surface area (Å²) < 4.78 is 64.0. The van der Waals surface area contributed by atoms with E-state index >= 15 is 0 Å². The van der Waals surface area contributed by atoms with Gasteiger partial charge in [0.25, 0.3) is 5.91 Å². The first-order valence-electron chi connectivity index (χ1n) is 13.3. The van der Waals surface area contributed by atoms with Gasteiger partial charge in [-0.3, -0.25) is 14.5 Å². The molecule has 0 radical (unpaired) electrons. The molecule has 7 nitrogen and oxygen atoms in total. The first kappa shape index (κ1) is 29.5. The van der Waals surface area contributed by atoms with Crippen LogP contribution in [0.4, 0.5) is 17.6 Å². The molecule has 1 aliphatic heterocycles. The average Bonchev–Trinajstić information content (AvgIpc) is 3.00. The number of hydrogen-bond donors (Lipinski definition) is 0. The topological polar surface area (TPSA) is 86.8 Å². The summed E-state index contributed by atoms with van der Waals surface area (Å²) in [5.41, 5.74) is 1.05. The Morgan fingerprint density at radius 2 is 1.70 bits per heavy atom. The van der Waals surface area contributed by atoms with Crippen molar-refractivity contribution in [3.8, 4) is 22.9 Å². The molecule has 0 unspecified atom stereocenters. The number of rotatable bonds is 7. The van der Waals surface area contributed by atoms with E-state index < -0.39 is 23.5 Å². The van der Waals surface area contributed by atoms with Crippen LogP contribution in [-0.4, -0.2) is 41.9 Å². The molecule has 0 spiro atoms. The van der Waals surface area contributed by atoms with Gasteiger partial charge >= 0.3 is 6.18 Å². The van der Waals surface area contributed by atoms with E-state index in [1.54, 1.807) is 6.07 Å². The number of benzene rings is 3. The number of ether oxygens (including phenoxy) is 1. The first-order valence-corrected chi connectivity index (χ1v) is 13.3. The molecule has 1 amide bonds. The zero-order chi connectivity index (χ0) is 30.6. The molecule has 1 saturated heterocycles. The molecule has 1 aliphatic rings. The van der Waals surface area contributed by atoms with E-state index in [1.165, 1.54) is 17.2 Å². The predicted octanol–water partition coefficient (Wildman–Crippen LogP) is 5.87. The lowest BCUT2D eigenvalue weighted by molar-refractivity contribution is -0.140. The zero-order valence-electron chi connectivity index (χ0n) is 22.7. The van der Waals surface area contributed by atoms with E-state index in [-0.39, 0.29) is 43.0 Å². The smallest absolute Gasteiger partial charge is 0.419 e. The van der Waals surface area contributed by atoms with Crippen LogP contribution in [-0.2, 0) is 19.3 Å². The standard InChI is InChI=1S/C32H25F4N3O4/c33-28-10-9-23(15-27(28)32(34,35)36)31(41)39-13-11-38(12-14-39)18-25-16-29(40)30(20-42-25)43-19-21-5-7-22(8-6-21)26-4-2-1-3-24(26)17-37/h1-10,15-16,20H,11-14,18-19H2. The highest BCUT2D eigenvalue weighted by Gasteiger charge is 2.35. The molecule has 0 saturated carbocycles. The maximum Gasteiger partial charge on any atom is 0.419 e. The Kier molecular flexibility index (Phi) is 8.59. The molecule has 43 heavy (non-hydrogen) atoms. The molecule has 220 valence electrons. The van der Waals surface area contributed by atoms with Gasteiger partial charge in [-0.25, -0.2) is 4.39 Å². The van der Waals surface area contributed by atoms with Gasteiger partial charge in [0.1, 0.15) is 24.4 Å². The monoisotopic (exact) mass is 591 g/mol. The molecule has 5 rings (SSSR count). The van der Waals surface area contributed by atoms with E-state index in [2.05, 4.69) is 6.07 Å². The molecule has 11 heteroatoms. The van der Waals surface area contributed by atoms with Gasteiger partial charge < -0.3 is 14.1 Å². The van der Waals surface area contributed by atoms with Gasteiger partial charge in [0.05, 0.1) is 23.7 Å². The maximum absolute atomic E-state index is 13.6. The highest BCUT2D eigenvalue weighted by atomic mass is 19.4. The number of alkyl halides is 3. The largest absolute Gasteiger partial charge is 0.482 e. The quantitative estimate of drug-likeness (QED) is 0.250. The minimum absolute atomic E-state index is 0.0515. The Labute approximate surface area is 244 Å². The Hall–Kier alpha value is -4.95. The van der Waals surface area contributed by atoms with Crippen molar-refractivity contribution < 1.29 is 31.5 Å². The highest BCUT2D eigenvalue weighted by Crippen LogP contribution is 2.32. The summed E-state index contributed by atoms with van der Waals surface area (Å²) in [5, 5.41) is 9.32. The van der Waals surface area contributed by atoms with E-state index in [1.807, 2.05) is 47.4 Å². The normalized spacial score (nSPS) is 13.9. The van der Waals surface area contributed by atoms with Gasteiger partial charge in [-0.05, 0) is 41.0 Å². The van der Waals surface area contributed by atoms with Crippen LogP contribution in [0.25, 0.3) is 11.1 Å². The van der Waals surface area contributed by atoms with Crippen LogP contribution < -0.4 is 10.2 Å². The van der Waals surface area contributed by atoms with Crippen LogP contribution in [0.15, 0.2) is 88.3 Å². The molecule has 0 aliphatic carbocycles. The highest BCUT2D eigenvalue weighted by molar-refractivity contribution is 5.94. The molecular weight excluding hydrogens is 566 g/mol. The van der Waals surface area contributed by atoms with Crippen molar-refractivity contribution >= 4 is 5.91 Å². The number of halogens is 4. The van der Waals surface area contributed by atoms with E-state index in [4.69, 9.17) is 9.15 Å². The third kappa shape index (κ3) is 6.93. The number of piperazine rings is 1. The lowest BCUT2D eigenvalue weighted by Gasteiger charge is -2.34. The SMILES string of the molecule is N#Cc1ccccc1-c1ccc(COc2coc(CN3CCN(C(=O)c4ccc(F)c(C(F)(F)F)c4)CC3)cc2=O)cc1. The maximum atomic E-state index is 13.6. The summed E-state index contributed by atoms with van der Waals surface area (Å²) in [7, 11) is 0. The molecule has 1 aromatic heterocycles. The lowest BCUT2D eigenvalue weighted by Crippen LogP contribution is -2.48. The van der Waals surface area contributed by atoms with Crippen LogP contribution in [0.3, 0.4) is 0 Å². The molecule has 0 bridgehead atoms. The molecule has 3 aromatic carbocycles. The molecule has 0 atom stereocenters. The summed E-state index contributed by atoms with van der Waals surface area (Å²) in [6.45, 7) is 1.70. The number of nitriles is 1. The van der Waals surface area contributed by atoms with Crippen LogP contribution in [0, 0.1) is 17.1 Å². The fourth-order valence-corrected chi connectivity index (χ4v) is 4.79. The van der Waals surface area contributed by atoms with E-state index in [0.717, 1.165) is 22.8 Å². The molecule has 1 fully saturated rings. The number of carbonyl (C=O) groups excluding carboxylic acids is 1. The van der Waals surface area contributed by atoms with Gasteiger partial charge in [-0.1, -0.05) is 42.5 Å². The second kappa shape index (κ2) is 12.5. The van der Waals surface area contributed by atoms with Gasteiger partial charge in [-0.15, -0.1) is 0 Å². The minimum Gasteiger partial charge on any atom is -0.482 e. The van der Waals surface area contributed by atoms with Crippen molar-refractivity contribution in [3.63, 3.8) is 0 Å². The van der Waals surface area contributed by atoms with Crippen molar-refractivity contribution in [1.29, 1.82) is 5.26 Å². The van der Waals surface area contributed by atoms with Gasteiger partial charge in [0.15, 0.2) is 0 Å². The van der Waals surface area contributed by atoms with E-state index in [9.17, 15) is 32.4 Å². The fraction of sp³-hybridized carbons (Fsp3) is 0.219. The number of amides is 1. The third-order valence-electron chi connectivity index (χ3n) is 7.12. The van der Waals surface area contributed by atoms with Gasteiger partial charge in [0, 0.05) is 37.8 Å². The summed E-state index contributed by atoms with van der Waals surface area (Å²) in [6, 6.07) is 20.5. The van der Waals surface area contributed by atoms with Gasteiger partial charge in [0.2, 0.25) is 11.2 Å². The Balaban J connectivity index is 1.13. The van der Waals surface area contributed by atoms with Crippen LogP contribution in [0.1, 0.15) is 32.8 Å². The average molecular weight is 592 g/mol. The Morgan fingerprint density at radius 3 is 2.37 bits per heavy atom. The number of carbonyl (C=O) groups is 1. The van der Waals surface area contributed by atoms with E-state index in [0.29, 0.717) is 36.5 Å². The van der Waals surface area contributed by atoms with Crippen molar-refractivity contribution in [1.82, 2.24) is 9.80 Å². The lowest BCUT2D eigenvalue weighted by atomic mass is 9.99. The van der Waals surface area contributed by atoms with Crippen LogP contribution in [0.5, 0.6) is 5.75 Å². The summed E-state index contributed by atoms with van der Waals surface area (Å²) in [5.74, 6) is -1.60. The molecular formula is C32H25F4N3O4. The first-order chi connectivity index (χ1) is 20.6. The molecule has 0 N–H and O–H groups in total. The van der Waals surface area contributed by atoms with Crippen molar-refractivity contribution in [2.24, 2.45) is 0 Å². The van der Waals surface area contributed by atoms with Gasteiger partial charge in [-0.2, -0.15) is 18.4 Å². The second-order valence-electron chi connectivity index (χ2n) is 9.98. The molecule has 2 heterocycles. The second-order valence-corrected chi connectivity index (χ2v) is 9.98. The van der Waals surface area contributed by atoms with Crippen molar-refractivity contribution in [2.45, 2.75) is 19.3 Å². The zero-order valence-corrected chi connectivity index (χ0v) is 22.7. The predicted molar refractivity (Wildman–Crippen MR) is 148 cm³/mol. The minimum atomic E-state index is -4.90. The summed E-state index contributed by atoms with van der Waals surface area (Å²) >= 11 is 0. The summed E-state index contributed by atoms with van der Waals surface area (Å²) in [6.07, 6.45) is -3.65. The number of nitrogens with zero attached hydrogens (tertiary/aromatic N) is 3. The van der Waals surface area contributed by atoms with Crippen LogP contribution >= 0.6 is 0 Å². The Bertz CT molecular complexity index is 1720.